The fourth-order valence-corrected chi connectivity index (χ4v) is 1.25. The van der Waals surface area contributed by atoms with Gasteiger partial charge in [0.2, 0.25) is 0 Å². The van der Waals surface area contributed by atoms with Crippen LogP contribution in [-0.4, -0.2) is 14.7 Å². The highest BCUT2D eigenvalue weighted by molar-refractivity contribution is 6.29. The number of hydrogen-bond donors (Lipinski definition) is 1. The lowest BCUT2D eigenvalue weighted by Crippen LogP contribution is -2.05. The predicted molar refractivity (Wildman–Crippen MR) is 48.1 cm³/mol. The van der Waals surface area contributed by atoms with Crippen LogP contribution in [0.1, 0.15) is 31.7 Å². The molecule has 0 radical (unpaired) electrons. The molecule has 0 aliphatic heterocycles. The first-order valence-corrected chi connectivity index (χ1v) is 4.39. The number of aliphatic hydroxyl groups is 1. The van der Waals surface area contributed by atoms with Gasteiger partial charge in [0.05, 0.1) is 6.20 Å². The summed E-state index contributed by atoms with van der Waals surface area (Å²) in [6.07, 6.45) is 2.72. The molecule has 0 aromatic carbocycles. The number of nitrogens with zero attached hydrogens (tertiary/aromatic N) is 2. The van der Waals surface area contributed by atoms with E-state index in [9.17, 15) is 5.11 Å². The van der Waals surface area contributed by atoms with Crippen LogP contribution in [0.5, 0.6) is 0 Å². The van der Waals surface area contributed by atoms with E-state index >= 15 is 0 Å². The maximum absolute atomic E-state index is 9.57. The van der Waals surface area contributed by atoms with Crippen molar-refractivity contribution < 1.29 is 5.11 Å². The molecule has 1 aromatic heterocycles. The van der Waals surface area contributed by atoms with E-state index in [0.717, 1.165) is 12.8 Å². The minimum absolute atomic E-state index is 0.493. The van der Waals surface area contributed by atoms with Crippen LogP contribution in [0, 0.1) is 0 Å². The average Bonchev–Trinajstić information content (AvgIpc) is 2.34. The Morgan fingerprint density at radius 2 is 2.42 bits per heavy atom. The Morgan fingerprint density at radius 1 is 1.75 bits per heavy atom. The second-order valence-electron chi connectivity index (χ2n) is 2.80. The maximum atomic E-state index is 9.57. The summed E-state index contributed by atoms with van der Waals surface area (Å²) < 4.78 is 1.70. The summed E-state index contributed by atoms with van der Waals surface area (Å²) >= 11 is 5.76. The van der Waals surface area contributed by atoms with Gasteiger partial charge in [-0.2, -0.15) is 0 Å². The van der Waals surface area contributed by atoms with E-state index in [-0.39, 0.29) is 0 Å². The van der Waals surface area contributed by atoms with Crippen molar-refractivity contribution in [2.24, 2.45) is 7.05 Å². The van der Waals surface area contributed by atoms with Gasteiger partial charge in [0.25, 0.3) is 0 Å². The summed E-state index contributed by atoms with van der Waals surface area (Å²) in [6, 6.07) is 0. The number of rotatable bonds is 3. The highest BCUT2D eigenvalue weighted by atomic mass is 35.5. The van der Waals surface area contributed by atoms with Crippen LogP contribution in [0.15, 0.2) is 6.20 Å². The molecule has 68 valence electrons. The first kappa shape index (κ1) is 9.55. The third kappa shape index (κ3) is 1.79. The molecule has 0 fully saturated rings. The van der Waals surface area contributed by atoms with Crippen LogP contribution >= 0.6 is 11.6 Å². The lowest BCUT2D eigenvalue weighted by Gasteiger charge is -2.08. The molecule has 1 atom stereocenters. The first-order chi connectivity index (χ1) is 5.66. The van der Waals surface area contributed by atoms with Crippen molar-refractivity contribution in [2.45, 2.75) is 25.9 Å². The first-order valence-electron chi connectivity index (χ1n) is 4.02. The third-order valence-corrected chi connectivity index (χ3v) is 2.18. The Morgan fingerprint density at radius 3 is 2.83 bits per heavy atom. The summed E-state index contributed by atoms with van der Waals surface area (Å²) in [5.41, 5.74) is 0. The molecule has 1 unspecified atom stereocenters. The molecule has 12 heavy (non-hydrogen) atoms. The number of aliphatic hydroxyl groups excluding tert-OH is 1. The van der Waals surface area contributed by atoms with E-state index in [0.29, 0.717) is 11.0 Å². The summed E-state index contributed by atoms with van der Waals surface area (Å²) in [5, 5.41) is 10.1. The van der Waals surface area contributed by atoms with Gasteiger partial charge in [-0.05, 0) is 6.42 Å². The quantitative estimate of drug-likeness (QED) is 0.787. The van der Waals surface area contributed by atoms with Crippen molar-refractivity contribution in [2.75, 3.05) is 0 Å². The molecule has 0 saturated carbocycles. The van der Waals surface area contributed by atoms with Gasteiger partial charge < -0.3 is 9.67 Å². The Balaban J connectivity index is 2.80. The van der Waals surface area contributed by atoms with E-state index in [2.05, 4.69) is 4.98 Å². The van der Waals surface area contributed by atoms with E-state index in [1.54, 1.807) is 17.8 Å². The molecule has 1 heterocycles. The van der Waals surface area contributed by atoms with Crippen LogP contribution in [0.3, 0.4) is 0 Å². The van der Waals surface area contributed by atoms with Crippen molar-refractivity contribution in [1.29, 1.82) is 0 Å². The Hall–Kier alpha value is -0.540. The van der Waals surface area contributed by atoms with E-state index < -0.39 is 6.10 Å². The van der Waals surface area contributed by atoms with Crippen molar-refractivity contribution in [3.63, 3.8) is 0 Å². The van der Waals surface area contributed by atoms with Gasteiger partial charge in [-0.25, -0.2) is 4.98 Å². The molecule has 4 heteroatoms. The maximum Gasteiger partial charge on any atom is 0.138 e. The standard InChI is InChI=1S/C8H13ClN2O/c1-3-4-6(12)8-10-5-7(9)11(8)2/h5-6,12H,3-4H2,1-2H3. The Kier molecular flexibility index (Phi) is 3.12. The molecule has 0 aliphatic carbocycles. The van der Waals surface area contributed by atoms with Crippen molar-refractivity contribution in [3.05, 3.63) is 17.2 Å². The van der Waals surface area contributed by atoms with Crippen LogP contribution < -0.4 is 0 Å². The van der Waals surface area contributed by atoms with Gasteiger partial charge >= 0.3 is 0 Å². The fraction of sp³-hybridized carbons (Fsp3) is 0.625. The van der Waals surface area contributed by atoms with Crippen LogP contribution in [0.25, 0.3) is 0 Å². The number of halogens is 1. The molecule has 0 aliphatic rings. The van der Waals surface area contributed by atoms with Crippen molar-refractivity contribution >= 4 is 11.6 Å². The molecular formula is C8H13ClN2O. The average molecular weight is 189 g/mol. The molecule has 1 aromatic rings. The number of imidazole rings is 1. The van der Waals surface area contributed by atoms with Gasteiger partial charge in [-0.15, -0.1) is 0 Å². The van der Waals surface area contributed by atoms with Crippen LogP contribution in [0.4, 0.5) is 0 Å². The zero-order chi connectivity index (χ0) is 9.14. The molecule has 1 N–H and O–H groups in total. The molecule has 0 amide bonds. The van der Waals surface area contributed by atoms with Crippen LogP contribution in [0.2, 0.25) is 5.15 Å². The fourth-order valence-electron chi connectivity index (χ4n) is 1.11. The molecular weight excluding hydrogens is 176 g/mol. The van der Waals surface area contributed by atoms with Crippen LogP contribution in [-0.2, 0) is 7.05 Å². The summed E-state index contributed by atoms with van der Waals surface area (Å²) in [4.78, 5) is 4.01. The van der Waals surface area contributed by atoms with E-state index in [1.165, 1.54) is 0 Å². The SMILES string of the molecule is CCCC(O)c1ncc(Cl)n1C. The monoisotopic (exact) mass is 188 g/mol. The normalized spacial score (nSPS) is 13.3. The zero-order valence-electron chi connectivity index (χ0n) is 7.29. The summed E-state index contributed by atoms with van der Waals surface area (Å²) in [6.45, 7) is 2.02. The zero-order valence-corrected chi connectivity index (χ0v) is 8.04. The van der Waals surface area contributed by atoms with Crippen molar-refractivity contribution in [3.8, 4) is 0 Å². The highest BCUT2D eigenvalue weighted by Gasteiger charge is 2.12. The van der Waals surface area contributed by atoms with Gasteiger partial charge in [0, 0.05) is 7.05 Å². The lowest BCUT2D eigenvalue weighted by atomic mass is 10.2. The highest BCUT2D eigenvalue weighted by Crippen LogP contribution is 2.19. The predicted octanol–water partition coefficient (Wildman–Crippen LogP) is 1.91. The number of hydrogen-bond acceptors (Lipinski definition) is 2. The van der Waals surface area contributed by atoms with Gasteiger partial charge in [-0.1, -0.05) is 24.9 Å². The summed E-state index contributed by atoms with van der Waals surface area (Å²) in [7, 11) is 1.80. The molecule has 3 nitrogen and oxygen atoms in total. The van der Waals surface area contributed by atoms with E-state index in [1.807, 2.05) is 6.92 Å². The second kappa shape index (κ2) is 3.92. The number of aromatic nitrogens is 2. The van der Waals surface area contributed by atoms with E-state index in [4.69, 9.17) is 11.6 Å². The molecule has 0 saturated heterocycles. The van der Waals surface area contributed by atoms with Gasteiger partial charge in [-0.3, -0.25) is 0 Å². The summed E-state index contributed by atoms with van der Waals surface area (Å²) in [5.74, 6) is 0.641. The lowest BCUT2D eigenvalue weighted by molar-refractivity contribution is 0.153. The molecule has 1 rings (SSSR count). The van der Waals surface area contributed by atoms with Gasteiger partial charge in [0.1, 0.15) is 17.1 Å². The Bertz CT molecular complexity index is 260. The third-order valence-electron chi connectivity index (χ3n) is 1.83. The molecule has 0 bridgehead atoms. The van der Waals surface area contributed by atoms with Gasteiger partial charge in [0.15, 0.2) is 0 Å². The topological polar surface area (TPSA) is 38.1 Å². The second-order valence-corrected chi connectivity index (χ2v) is 3.19. The Labute approximate surface area is 77.0 Å². The minimum Gasteiger partial charge on any atom is -0.385 e. The molecule has 0 spiro atoms. The van der Waals surface area contributed by atoms with Crippen molar-refractivity contribution in [1.82, 2.24) is 9.55 Å². The minimum atomic E-state index is -0.493. The largest absolute Gasteiger partial charge is 0.385 e. The smallest absolute Gasteiger partial charge is 0.138 e.